The van der Waals surface area contributed by atoms with Crippen LogP contribution in [-0.4, -0.2) is 22.6 Å². The summed E-state index contributed by atoms with van der Waals surface area (Å²) in [5.41, 5.74) is 23.0. The number of anilines is 6. The zero-order chi connectivity index (χ0) is 43.9. The lowest BCUT2D eigenvalue weighted by molar-refractivity contribution is 1.14. The molecule has 310 valence electrons. The summed E-state index contributed by atoms with van der Waals surface area (Å²) in [6.07, 6.45) is 0. The molecule has 68 heavy (non-hydrogen) atoms. The topological polar surface area (TPSA) is 16.3 Å². The van der Waals surface area contributed by atoms with Crippen molar-refractivity contribution < 1.29 is 0 Å². The van der Waals surface area contributed by atoms with E-state index in [-0.39, 0.29) is 13.4 Å². The number of rotatable bonds is 2. The van der Waals surface area contributed by atoms with Crippen molar-refractivity contribution in [3.63, 3.8) is 0 Å². The lowest BCUT2D eigenvalue weighted by Gasteiger charge is -2.43. The second kappa shape index (κ2) is 12.6. The van der Waals surface area contributed by atoms with Gasteiger partial charge in [0.15, 0.2) is 0 Å². The first-order valence-corrected chi connectivity index (χ1v) is 23.9. The summed E-state index contributed by atoms with van der Waals surface area (Å²) in [5.74, 6) is 0. The maximum absolute atomic E-state index is 2.66. The van der Waals surface area contributed by atoms with Crippen LogP contribution in [0.5, 0.6) is 0 Å². The van der Waals surface area contributed by atoms with Crippen molar-refractivity contribution in [1.82, 2.24) is 9.13 Å². The Balaban J connectivity index is 1.09. The summed E-state index contributed by atoms with van der Waals surface area (Å²) in [4.78, 5) is 5.11. The van der Waals surface area contributed by atoms with Crippen LogP contribution in [-0.2, 0) is 0 Å². The molecule has 4 aliphatic heterocycles. The Bertz CT molecular complexity index is 4140. The summed E-state index contributed by atoms with van der Waals surface area (Å²) in [5, 5.41) is 10.3. The Morgan fingerprint density at radius 2 is 0.647 bits per heavy atom. The van der Waals surface area contributed by atoms with Gasteiger partial charge in [-0.1, -0.05) is 164 Å². The molecule has 11 aromatic carbocycles. The van der Waals surface area contributed by atoms with Gasteiger partial charge in [0.1, 0.15) is 0 Å². The highest BCUT2D eigenvalue weighted by Gasteiger charge is 2.48. The van der Waals surface area contributed by atoms with Crippen LogP contribution >= 0.6 is 0 Å². The standard InChI is InChI=1S/C62H36B2N4/c1-3-19-37(20-4-1)65-51-33-17-13-29-45(51)63-47-35-48-54(36-53(47)67-49-31-15-11-27-43(49)55-39-23-7-9-25-41(39)59(65)57(63)61(55)67)68-50-32-16-12-28-44(50)56-40-24-8-10-26-42(40)60-58(62(56)68)64(48)46-30-14-18-34-52(46)66(60)38-21-5-2-6-22-38/h1-36H. The van der Waals surface area contributed by atoms with E-state index in [0.29, 0.717) is 0 Å². The Hall–Kier alpha value is -8.73. The van der Waals surface area contributed by atoms with Crippen LogP contribution in [0.3, 0.4) is 0 Å². The van der Waals surface area contributed by atoms with Crippen LogP contribution in [0.1, 0.15) is 0 Å². The molecule has 0 bridgehead atoms. The number of nitrogens with zero attached hydrogens (tertiary/aromatic N) is 4. The average Bonchev–Trinajstić information content (AvgIpc) is 3.95. The predicted molar refractivity (Wildman–Crippen MR) is 289 cm³/mol. The predicted octanol–water partition coefficient (Wildman–Crippen LogP) is 11.4. The molecule has 2 aromatic heterocycles. The first-order chi connectivity index (χ1) is 33.8. The van der Waals surface area contributed by atoms with E-state index in [9.17, 15) is 0 Å². The maximum Gasteiger partial charge on any atom is 0.252 e. The van der Waals surface area contributed by atoms with Crippen molar-refractivity contribution in [2.24, 2.45) is 0 Å². The molecule has 6 heteroatoms. The van der Waals surface area contributed by atoms with Crippen LogP contribution in [0, 0.1) is 0 Å². The average molecular weight is 859 g/mol. The quantitative estimate of drug-likeness (QED) is 0.161. The SMILES string of the molecule is c1ccc(N2c3ccccc3B3c4cc5c(cc4-n4c6ccccc6c6c7ccccc7c2c3c64)-n2c3ccccc3c3c4ccccc4c4c(c32)B5c2ccccc2N4c2ccccc2)cc1. The molecule has 0 saturated heterocycles. The molecule has 4 aliphatic rings. The molecule has 0 spiro atoms. The third kappa shape index (κ3) is 4.14. The van der Waals surface area contributed by atoms with Crippen molar-refractivity contribution in [1.29, 1.82) is 0 Å². The molecule has 0 unspecified atom stereocenters. The molecule has 17 rings (SSSR count). The van der Waals surface area contributed by atoms with Gasteiger partial charge in [-0.05, 0) is 98.1 Å². The fourth-order valence-electron chi connectivity index (χ4n) is 13.6. The van der Waals surface area contributed by atoms with Gasteiger partial charge in [-0.2, -0.15) is 0 Å². The molecule has 13 aromatic rings. The molecule has 0 radical (unpaired) electrons. The van der Waals surface area contributed by atoms with Crippen molar-refractivity contribution in [2.75, 3.05) is 9.80 Å². The third-order valence-corrected chi connectivity index (χ3v) is 16.0. The first kappa shape index (κ1) is 35.5. The highest BCUT2D eigenvalue weighted by atomic mass is 15.2. The second-order valence-electron chi connectivity index (χ2n) is 19.1. The van der Waals surface area contributed by atoms with Crippen molar-refractivity contribution >= 4 is 145 Å². The lowest BCUT2D eigenvalue weighted by Crippen LogP contribution is -2.64. The van der Waals surface area contributed by atoms with Gasteiger partial charge in [0.05, 0.1) is 33.4 Å². The summed E-state index contributed by atoms with van der Waals surface area (Å²) >= 11 is 0. The van der Waals surface area contributed by atoms with E-state index in [2.05, 4.69) is 237 Å². The molecular formula is C62H36B2N4. The van der Waals surface area contributed by atoms with Gasteiger partial charge in [-0.15, -0.1) is 0 Å². The number of fused-ring (bicyclic) bond motifs is 22. The van der Waals surface area contributed by atoms with Crippen LogP contribution in [0.4, 0.5) is 34.1 Å². The van der Waals surface area contributed by atoms with Crippen molar-refractivity contribution in [3.8, 4) is 11.4 Å². The number of hydrogen-bond donors (Lipinski definition) is 0. The van der Waals surface area contributed by atoms with E-state index >= 15 is 0 Å². The number of aromatic nitrogens is 2. The van der Waals surface area contributed by atoms with Gasteiger partial charge in [-0.25, -0.2) is 0 Å². The van der Waals surface area contributed by atoms with Gasteiger partial charge in [-0.3, -0.25) is 0 Å². The fourth-order valence-corrected chi connectivity index (χ4v) is 13.6. The summed E-state index contributed by atoms with van der Waals surface area (Å²) < 4.78 is 5.30. The number of para-hydroxylation sites is 6. The zero-order valence-corrected chi connectivity index (χ0v) is 36.7. The van der Waals surface area contributed by atoms with E-state index in [0.717, 1.165) is 0 Å². The minimum atomic E-state index is -0.0241. The highest BCUT2D eigenvalue weighted by molar-refractivity contribution is 7.03. The van der Waals surface area contributed by atoms with Crippen LogP contribution < -0.4 is 42.6 Å². The maximum atomic E-state index is 2.66. The summed E-state index contributed by atoms with van der Waals surface area (Å²) in [7, 11) is 0. The zero-order valence-electron chi connectivity index (χ0n) is 36.7. The third-order valence-electron chi connectivity index (χ3n) is 16.0. The Morgan fingerprint density at radius 1 is 0.279 bits per heavy atom. The van der Waals surface area contributed by atoms with Crippen LogP contribution in [0.25, 0.3) is 76.5 Å². The summed E-state index contributed by atoms with van der Waals surface area (Å²) in [6.45, 7) is -0.0483. The Morgan fingerprint density at radius 3 is 1.10 bits per heavy atom. The van der Waals surface area contributed by atoms with E-state index in [4.69, 9.17) is 0 Å². The van der Waals surface area contributed by atoms with Gasteiger partial charge in [0.2, 0.25) is 0 Å². The first-order valence-electron chi connectivity index (χ1n) is 23.9. The van der Waals surface area contributed by atoms with E-state index in [1.54, 1.807) is 0 Å². The van der Waals surface area contributed by atoms with E-state index < -0.39 is 0 Å². The number of benzene rings is 11. The minimum Gasteiger partial charge on any atom is -0.311 e. The second-order valence-corrected chi connectivity index (χ2v) is 19.1. The largest absolute Gasteiger partial charge is 0.311 e. The van der Waals surface area contributed by atoms with Crippen molar-refractivity contribution in [2.45, 2.75) is 0 Å². The van der Waals surface area contributed by atoms with Gasteiger partial charge in [0, 0.05) is 66.4 Å². The van der Waals surface area contributed by atoms with E-state index in [1.165, 1.54) is 143 Å². The van der Waals surface area contributed by atoms with Gasteiger partial charge >= 0.3 is 0 Å². The van der Waals surface area contributed by atoms with Crippen LogP contribution in [0.2, 0.25) is 0 Å². The Kier molecular flexibility index (Phi) is 6.57. The molecule has 0 atom stereocenters. The number of hydrogen-bond acceptors (Lipinski definition) is 2. The molecule has 0 aliphatic carbocycles. The van der Waals surface area contributed by atoms with Crippen molar-refractivity contribution in [3.05, 3.63) is 218 Å². The molecule has 0 N–H and O–H groups in total. The normalized spacial score (nSPS) is 13.8. The monoisotopic (exact) mass is 858 g/mol. The summed E-state index contributed by atoms with van der Waals surface area (Å²) in [6, 6.07) is 82.3. The van der Waals surface area contributed by atoms with Gasteiger partial charge < -0.3 is 18.9 Å². The minimum absolute atomic E-state index is 0.0241. The van der Waals surface area contributed by atoms with Crippen LogP contribution in [0.15, 0.2) is 218 Å². The molecule has 0 amide bonds. The molecular weight excluding hydrogens is 822 g/mol. The lowest BCUT2D eigenvalue weighted by atomic mass is 9.30. The smallest absolute Gasteiger partial charge is 0.252 e. The van der Waals surface area contributed by atoms with E-state index in [1.807, 2.05) is 0 Å². The molecule has 4 nitrogen and oxygen atoms in total. The highest BCUT2D eigenvalue weighted by Crippen LogP contribution is 2.50. The fraction of sp³-hybridized carbons (Fsp3) is 0. The molecule has 6 heterocycles. The van der Waals surface area contributed by atoms with Gasteiger partial charge in [0.25, 0.3) is 13.4 Å². The Labute approximate surface area is 392 Å². The molecule has 0 saturated carbocycles. The molecule has 0 fully saturated rings.